The number of nitrogens with zero attached hydrogens (tertiary/aromatic N) is 1. The average molecular weight is 401 g/mol. The summed E-state index contributed by atoms with van der Waals surface area (Å²) in [6.07, 6.45) is 4.56. The van der Waals surface area contributed by atoms with Gasteiger partial charge in [0.15, 0.2) is 9.84 Å². The Morgan fingerprint density at radius 3 is 2.57 bits per heavy atom. The van der Waals surface area contributed by atoms with Crippen LogP contribution >= 0.6 is 0 Å². The molecule has 0 aromatic heterocycles. The Morgan fingerprint density at radius 2 is 1.86 bits per heavy atom. The lowest BCUT2D eigenvalue weighted by atomic mass is 10.1. The van der Waals surface area contributed by atoms with Crippen molar-refractivity contribution in [1.82, 2.24) is 0 Å². The number of amides is 1. The van der Waals surface area contributed by atoms with Crippen LogP contribution in [0.1, 0.15) is 54.9 Å². The first-order valence-electron chi connectivity index (χ1n) is 9.24. The van der Waals surface area contributed by atoms with Crippen LogP contribution in [0.2, 0.25) is 0 Å². The lowest BCUT2D eigenvalue weighted by Gasteiger charge is -2.10. The molecule has 0 aliphatic rings. The number of benzene rings is 2. The average Bonchev–Trinajstić information content (AvgIpc) is 2.68. The number of hydrogen-bond acceptors (Lipinski definition) is 5. The number of nitriles is 1. The van der Waals surface area contributed by atoms with Crippen molar-refractivity contribution in [2.45, 2.75) is 43.9 Å². The topological polar surface area (TPSA) is 107 Å². The minimum Gasteiger partial charge on any atom is -0.507 e. The van der Waals surface area contributed by atoms with Crippen LogP contribution in [0.5, 0.6) is 5.75 Å². The van der Waals surface area contributed by atoms with Gasteiger partial charge in [-0.2, -0.15) is 5.26 Å². The van der Waals surface area contributed by atoms with Crippen LogP contribution in [0.15, 0.2) is 47.4 Å². The third-order valence-corrected chi connectivity index (χ3v) is 6.14. The molecule has 1 amide bonds. The minimum atomic E-state index is -3.54. The summed E-state index contributed by atoms with van der Waals surface area (Å²) in [6, 6.07) is 12.0. The molecule has 148 valence electrons. The number of hydrogen-bond donors (Lipinski definition) is 2. The van der Waals surface area contributed by atoms with Gasteiger partial charge in [-0.3, -0.25) is 4.79 Å². The van der Waals surface area contributed by atoms with Crippen molar-refractivity contribution in [2.24, 2.45) is 0 Å². The molecular formula is C21H24N2O4S. The second-order valence-corrected chi connectivity index (χ2v) is 8.67. The molecule has 2 aromatic carbocycles. The zero-order chi connectivity index (χ0) is 20.6. The van der Waals surface area contributed by atoms with Crippen molar-refractivity contribution in [1.29, 1.82) is 5.26 Å². The predicted octanol–water partition coefficient (Wildman–Crippen LogP) is 4.26. The van der Waals surface area contributed by atoms with E-state index in [-0.39, 0.29) is 22.0 Å². The van der Waals surface area contributed by atoms with Gasteiger partial charge in [-0.25, -0.2) is 8.42 Å². The summed E-state index contributed by atoms with van der Waals surface area (Å²) in [6.45, 7) is 2.09. The first kappa shape index (κ1) is 21.5. The molecule has 2 aromatic rings. The maximum Gasteiger partial charge on any atom is 0.259 e. The molecule has 28 heavy (non-hydrogen) atoms. The van der Waals surface area contributed by atoms with E-state index >= 15 is 0 Å². The molecule has 7 heteroatoms. The molecule has 6 nitrogen and oxygen atoms in total. The highest BCUT2D eigenvalue weighted by Gasteiger charge is 2.19. The van der Waals surface area contributed by atoms with Crippen LogP contribution in [0.4, 0.5) is 5.69 Å². The Bertz CT molecular complexity index is 978. The van der Waals surface area contributed by atoms with Gasteiger partial charge in [-0.1, -0.05) is 38.7 Å². The molecule has 0 radical (unpaired) electrons. The van der Waals surface area contributed by atoms with Crippen molar-refractivity contribution >= 4 is 21.4 Å². The van der Waals surface area contributed by atoms with E-state index in [0.29, 0.717) is 17.7 Å². The van der Waals surface area contributed by atoms with E-state index in [1.165, 1.54) is 24.3 Å². The summed E-state index contributed by atoms with van der Waals surface area (Å²) >= 11 is 0. The molecule has 0 unspecified atom stereocenters. The zero-order valence-corrected chi connectivity index (χ0v) is 16.6. The number of carbonyl (C=O) groups is 1. The first-order valence-corrected chi connectivity index (χ1v) is 10.9. The third-order valence-electron chi connectivity index (χ3n) is 4.34. The normalized spacial score (nSPS) is 11.0. The smallest absolute Gasteiger partial charge is 0.259 e. The second kappa shape index (κ2) is 9.90. The highest BCUT2D eigenvalue weighted by Crippen LogP contribution is 2.24. The predicted molar refractivity (Wildman–Crippen MR) is 108 cm³/mol. The van der Waals surface area contributed by atoms with Gasteiger partial charge in [0.25, 0.3) is 5.91 Å². The Labute approximate surface area is 165 Å². The van der Waals surface area contributed by atoms with Gasteiger partial charge in [-0.05, 0) is 42.8 Å². The molecule has 0 saturated heterocycles. The standard InChI is InChI=1S/C21H24N2O4S/c1-2-3-4-5-6-12-28(26,27)18-10-11-20(24)19(14-18)21(25)23-17-9-7-8-16(13-17)15-22/h7-11,13-14,24H,2-6,12H2,1H3,(H,23,25). The highest BCUT2D eigenvalue weighted by molar-refractivity contribution is 7.91. The molecule has 0 spiro atoms. The van der Waals surface area contributed by atoms with Crippen molar-refractivity contribution in [2.75, 3.05) is 11.1 Å². The number of rotatable bonds is 9. The van der Waals surface area contributed by atoms with E-state index in [2.05, 4.69) is 12.2 Å². The molecule has 0 aliphatic carbocycles. The number of phenols is 1. The summed E-state index contributed by atoms with van der Waals surface area (Å²) in [5.74, 6) is -0.948. The number of aromatic hydroxyl groups is 1. The van der Waals surface area contributed by atoms with E-state index in [9.17, 15) is 18.3 Å². The summed E-state index contributed by atoms with van der Waals surface area (Å²) in [7, 11) is -3.54. The largest absolute Gasteiger partial charge is 0.507 e. The summed E-state index contributed by atoms with van der Waals surface area (Å²) < 4.78 is 25.1. The monoisotopic (exact) mass is 400 g/mol. The molecule has 0 fully saturated rings. The Morgan fingerprint density at radius 1 is 1.11 bits per heavy atom. The molecule has 2 N–H and O–H groups in total. The molecule has 0 saturated carbocycles. The number of anilines is 1. The van der Waals surface area contributed by atoms with Crippen LogP contribution < -0.4 is 5.32 Å². The van der Waals surface area contributed by atoms with E-state index in [1.54, 1.807) is 18.2 Å². The maximum absolute atomic E-state index is 12.5. The van der Waals surface area contributed by atoms with Gasteiger partial charge < -0.3 is 10.4 Å². The lowest BCUT2D eigenvalue weighted by molar-refractivity contribution is 0.102. The van der Waals surface area contributed by atoms with Crippen LogP contribution in [0.25, 0.3) is 0 Å². The highest BCUT2D eigenvalue weighted by atomic mass is 32.2. The fourth-order valence-electron chi connectivity index (χ4n) is 2.77. The summed E-state index contributed by atoms with van der Waals surface area (Å²) in [4.78, 5) is 12.5. The number of sulfone groups is 1. The van der Waals surface area contributed by atoms with Crippen molar-refractivity contribution < 1.29 is 18.3 Å². The minimum absolute atomic E-state index is 0.00671. The van der Waals surface area contributed by atoms with Gasteiger partial charge in [0.05, 0.1) is 27.8 Å². The lowest BCUT2D eigenvalue weighted by Crippen LogP contribution is -2.14. The van der Waals surface area contributed by atoms with Crippen LogP contribution in [0, 0.1) is 11.3 Å². The molecular weight excluding hydrogens is 376 g/mol. The molecule has 0 heterocycles. The number of nitrogens with one attached hydrogen (secondary N) is 1. The molecule has 0 aliphatic heterocycles. The van der Waals surface area contributed by atoms with Gasteiger partial charge in [0.1, 0.15) is 5.75 Å². The van der Waals surface area contributed by atoms with Crippen molar-refractivity contribution in [3.05, 3.63) is 53.6 Å². The Hall–Kier alpha value is -2.85. The van der Waals surface area contributed by atoms with Crippen molar-refractivity contribution in [3.8, 4) is 11.8 Å². The number of carbonyl (C=O) groups excluding carboxylic acids is 1. The van der Waals surface area contributed by atoms with Gasteiger partial charge in [0, 0.05) is 5.69 Å². The Kier molecular flexibility index (Phi) is 7.59. The fraction of sp³-hybridized carbons (Fsp3) is 0.333. The van der Waals surface area contributed by atoms with E-state index in [1.807, 2.05) is 6.07 Å². The molecule has 2 rings (SSSR count). The van der Waals surface area contributed by atoms with Crippen molar-refractivity contribution in [3.63, 3.8) is 0 Å². The van der Waals surface area contributed by atoms with Gasteiger partial charge in [0.2, 0.25) is 0 Å². The SMILES string of the molecule is CCCCCCCS(=O)(=O)c1ccc(O)c(C(=O)Nc2cccc(C#N)c2)c1. The zero-order valence-electron chi connectivity index (χ0n) is 15.8. The Balaban J connectivity index is 2.15. The molecule has 0 atom stereocenters. The maximum atomic E-state index is 12.5. The van der Waals surface area contributed by atoms with E-state index in [0.717, 1.165) is 25.7 Å². The first-order chi connectivity index (χ1) is 13.4. The summed E-state index contributed by atoms with van der Waals surface area (Å²) in [5.41, 5.74) is 0.628. The quantitative estimate of drug-likeness (QED) is 0.612. The van der Waals surface area contributed by atoms with E-state index < -0.39 is 15.7 Å². The molecule has 0 bridgehead atoms. The second-order valence-electron chi connectivity index (χ2n) is 6.56. The fourth-order valence-corrected chi connectivity index (χ4v) is 4.16. The van der Waals surface area contributed by atoms with Gasteiger partial charge >= 0.3 is 0 Å². The van der Waals surface area contributed by atoms with E-state index in [4.69, 9.17) is 5.26 Å². The van der Waals surface area contributed by atoms with Crippen LogP contribution in [0.3, 0.4) is 0 Å². The van der Waals surface area contributed by atoms with Crippen LogP contribution in [-0.2, 0) is 9.84 Å². The van der Waals surface area contributed by atoms with Crippen LogP contribution in [-0.4, -0.2) is 25.2 Å². The number of unbranched alkanes of at least 4 members (excludes halogenated alkanes) is 4. The number of phenolic OH excluding ortho intramolecular Hbond substituents is 1. The summed E-state index contributed by atoms with van der Waals surface area (Å²) in [5, 5.41) is 21.5. The van der Waals surface area contributed by atoms with Gasteiger partial charge in [-0.15, -0.1) is 0 Å². The third kappa shape index (κ3) is 5.83.